The second-order valence-electron chi connectivity index (χ2n) is 4.14. The number of hydrogen-bond donors (Lipinski definition) is 0. The first-order chi connectivity index (χ1) is 9.28. The van der Waals surface area contributed by atoms with E-state index in [-0.39, 0.29) is 5.97 Å². The third-order valence-corrected chi connectivity index (χ3v) is 2.85. The average Bonchev–Trinajstić information content (AvgIpc) is 2.44. The maximum atomic E-state index is 11.7. The lowest BCUT2D eigenvalue weighted by atomic mass is 10.2. The van der Waals surface area contributed by atoms with Crippen molar-refractivity contribution in [3.8, 4) is 0 Å². The van der Waals surface area contributed by atoms with E-state index in [1.807, 2.05) is 24.3 Å². The number of nitrogens with zero attached hydrogens (tertiary/aromatic N) is 2. The molecule has 19 heavy (non-hydrogen) atoms. The highest BCUT2D eigenvalue weighted by atomic mass is 16.5. The van der Waals surface area contributed by atoms with Gasteiger partial charge in [-0.1, -0.05) is 12.1 Å². The van der Waals surface area contributed by atoms with Crippen LogP contribution < -0.4 is 0 Å². The Bertz CT molecular complexity index is 768. The van der Waals surface area contributed by atoms with Crippen molar-refractivity contribution >= 4 is 28.0 Å². The number of aromatic nitrogens is 2. The minimum atomic E-state index is -0.334. The van der Waals surface area contributed by atoms with Crippen molar-refractivity contribution in [1.82, 2.24) is 9.97 Å². The first-order valence-electron chi connectivity index (χ1n) is 6.11. The van der Waals surface area contributed by atoms with E-state index in [1.54, 1.807) is 25.1 Å². The predicted molar refractivity (Wildman–Crippen MR) is 73.0 cm³/mol. The molecule has 0 spiro atoms. The van der Waals surface area contributed by atoms with Gasteiger partial charge in [0.25, 0.3) is 0 Å². The molecule has 0 unspecified atom stereocenters. The maximum Gasteiger partial charge on any atom is 0.338 e. The lowest BCUT2D eigenvalue weighted by molar-refractivity contribution is 0.0526. The zero-order valence-corrected chi connectivity index (χ0v) is 10.5. The van der Waals surface area contributed by atoms with Gasteiger partial charge in [-0.3, -0.25) is 0 Å². The fourth-order valence-corrected chi connectivity index (χ4v) is 1.96. The quantitative estimate of drug-likeness (QED) is 0.519. The molecule has 0 fully saturated rings. The Hall–Kier alpha value is -2.49. The second kappa shape index (κ2) is 4.65. The summed E-state index contributed by atoms with van der Waals surface area (Å²) in [6.07, 6.45) is 0. The van der Waals surface area contributed by atoms with E-state index in [2.05, 4.69) is 9.97 Å². The Kier molecular flexibility index (Phi) is 2.83. The molecule has 1 heterocycles. The van der Waals surface area contributed by atoms with Gasteiger partial charge in [-0.15, -0.1) is 0 Å². The molecule has 4 nitrogen and oxygen atoms in total. The minimum absolute atomic E-state index is 0.334. The van der Waals surface area contributed by atoms with Crippen molar-refractivity contribution < 1.29 is 9.53 Å². The Morgan fingerprint density at radius 1 is 1.00 bits per heavy atom. The zero-order chi connectivity index (χ0) is 13.2. The van der Waals surface area contributed by atoms with Crippen LogP contribution in [-0.2, 0) is 4.74 Å². The van der Waals surface area contributed by atoms with Crippen molar-refractivity contribution in [1.29, 1.82) is 0 Å². The number of rotatable bonds is 2. The highest BCUT2D eigenvalue weighted by molar-refractivity contribution is 5.95. The van der Waals surface area contributed by atoms with Crippen LogP contribution in [0.3, 0.4) is 0 Å². The van der Waals surface area contributed by atoms with Crippen LogP contribution in [0, 0.1) is 0 Å². The largest absolute Gasteiger partial charge is 0.462 e. The van der Waals surface area contributed by atoms with Crippen LogP contribution in [0.25, 0.3) is 22.1 Å². The molecule has 0 N–H and O–H groups in total. The molecular weight excluding hydrogens is 240 g/mol. The van der Waals surface area contributed by atoms with E-state index < -0.39 is 0 Å². The van der Waals surface area contributed by atoms with Crippen LogP contribution in [0.5, 0.6) is 0 Å². The first-order valence-corrected chi connectivity index (χ1v) is 6.11. The Balaban J connectivity index is 2.16. The highest BCUT2D eigenvalue weighted by Gasteiger charge is 2.08. The SMILES string of the molecule is CCOC(=O)c1ccc2nc3ccccc3nc2c1. The summed E-state index contributed by atoms with van der Waals surface area (Å²) >= 11 is 0. The van der Waals surface area contributed by atoms with Gasteiger partial charge in [0.15, 0.2) is 0 Å². The van der Waals surface area contributed by atoms with Crippen LogP contribution in [-0.4, -0.2) is 22.5 Å². The standard InChI is InChI=1S/C15H12N2O2/c1-2-19-15(18)10-7-8-13-14(9-10)17-12-6-4-3-5-11(12)16-13/h3-9H,2H2,1H3. The minimum Gasteiger partial charge on any atom is -0.462 e. The van der Waals surface area contributed by atoms with Crippen LogP contribution >= 0.6 is 0 Å². The molecule has 0 aliphatic heterocycles. The molecule has 0 amide bonds. The fraction of sp³-hybridized carbons (Fsp3) is 0.133. The monoisotopic (exact) mass is 252 g/mol. The van der Waals surface area contributed by atoms with Crippen LogP contribution in [0.2, 0.25) is 0 Å². The number of ether oxygens (including phenoxy) is 1. The van der Waals surface area contributed by atoms with Crippen molar-refractivity contribution in [3.63, 3.8) is 0 Å². The highest BCUT2D eigenvalue weighted by Crippen LogP contribution is 2.17. The van der Waals surface area contributed by atoms with Gasteiger partial charge < -0.3 is 4.74 Å². The van der Waals surface area contributed by atoms with Crippen LogP contribution in [0.4, 0.5) is 0 Å². The Morgan fingerprint density at radius 3 is 2.32 bits per heavy atom. The van der Waals surface area contributed by atoms with Gasteiger partial charge in [-0.2, -0.15) is 0 Å². The van der Waals surface area contributed by atoms with E-state index in [1.165, 1.54) is 0 Å². The zero-order valence-electron chi connectivity index (χ0n) is 10.5. The summed E-state index contributed by atoms with van der Waals surface area (Å²) in [7, 11) is 0. The summed E-state index contributed by atoms with van der Waals surface area (Å²) in [6.45, 7) is 2.15. The Morgan fingerprint density at radius 2 is 1.63 bits per heavy atom. The van der Waals surface area contributed by atoms with Crippen LogP contribution in [0.1, 0.15) is 17.3 Å². The number of hydrogen-bond acceptors (Lipinski definition) is 4. The Labute approximate surface area is 110 Å². The summed E-state index contributed by atoms with van der Waals surface area (Å²) in [6, 6.07) is 12.9. The molecule has 0 radical (unpaired) electrons. The number of para-hydroxylation sites is 2. The second-order valence-corrected chi connectivity index (χ2v) is 4.14. The molecule has 3 rings (SSSR count). The first kappa shape index (κ1) is 11.6. The molecule has 0 saturated heterocycles. The van der Waals surface area contributed by atoms with E-state index in [0.717, 1.165) is 16.6 Å². The van der Waals surface area contributed by atoms with Gasteiger partial charge in [0.05, 0.1) is 34.2 Å². The van der Waals surface area contributed by atoms with Gasteiger partial charge in [0, 0.05) is 0 Å². The van der Waals surface area contributed by atoms with Crippen molar-refractivity contribution in [3.05, 3.63) is 48.0 Å². The molecule has 0 atom stereocenters. The lowest BCUT2D eigenvalue weighted by Gasteiger charge is -2.04. The number of fused-ring (bicyclic) bond motifs is 2. The molecule has 0 bridgehead atoms. The normalized spacial score (nSPS) is 10.8. The smallest absolute Gasteiger partial charge is 0.338 e. The van der Waals surface area contributed by atoms with Gasteiger partial charge in [-0.25, -0.2) is 14.8 Å². The summed E-state index contributed by atoms with van der Waals surface area (Å²) in [4.78, 5) is 20.7. The fourth-order valence-electron chi connectivity index (χ4n) is 1.96. The van der Waals surface area contributed by atoms with Gasteiger partial charge in [-0.05, 0) is 37.3 Å². The van der Waals surface area contributed by atoms with Gasteiger partial charge in [0.1, 0.15) is 0 Å². The van der Waals surface area contributed by atoms with Crippen molar-refractivity contribution in [2.45, 2.75) is 6.92 Å². The topological polar surface area (TPSA) is 52.1 Å². The molecule has 2 aromatic carbocycles. The average molecular weight is 252 g/mol. The van der Waals surface area contributed by atoms with Gasteiger partial charge in [0.2, 0.25) is 0 Å². The van der Waals surface area contributed by atoms with Crippen LogP contribution in [0.15, 0.2) is 42.5 Å². The number of esters is 1. The van der Waals surface area contributed by atoms with Gasteiger partial charge >= 0.3 is 5.97 Å². The summed E-state index contributed by atoms with van der Waals surface area (Å²) in [5.74, 6) is -0.334. The molecule has 1 aromatic heterocycles. The van der Waals surface area contributed by atoms with Crippen molar-refractivity contribution in [2.75, 3.05) is 6.61 Å². The van der Waals surface area contributed by atoms with E-state index >= 15 is 0 Å². The molecule has 4 heteroatoms. The molecule has 0 aliphatic rings. The maximum absolute atomic E-state index is 11.7. The molecular formula is C15H12N2O2. The lowest BCUT2D eigenvalue weighted by Crippen LogP contribution is -2.04. The molecule has 0 aliphatic carbocycles. The number of carbonyl (C=O) groups excluding carboxylic acids is 1. The summed E-state index contributed by atoms with van der Waals surface area (Å²) in [5.41, 5.74) is 3.63. The third-order valence-electron chi connectivity index (χ3n) is 2.85. The molecule has 3 aromatic rings. The summed E-state index contributed by atoms with van der Waals surface area (Å²) in [5, 5.41) is 0. The summed E-state index contributed by atoms with van der Waals surface area (Å²) < 4.78 is 4.98. The van der Waals surface area contributed by atoms with E-state index in [0.29, 0.717) is 17.7 Å². The van der Waals surface area contributed by atoms with E-state index in [4.69, 9.17) is 4.74 Å². The van der Waals surface area contributed by atoms with Crippen molar-refractivity contribution in [2.24, 2.45) is 0 Å². The molecule has 0 saturated carbocycles. The number of carbonyl (C=O) groups is 1. The predicted octanol–water partition coefficient (Wildman–Crippen LogP) is 2.96. The third kappa shape index (κ3) is 2.12. The van der Waals surface area contributed by atoms with E-state index in [9.17, 15) is 4.79 Å². The molecule has 94 valence electrons. The number of benzene rings is 2.